The second-order valence-corrected chi connectivity index (χ2v) is 5.27. The third kappa shape index (κ3) is 2.65. The van der Waals surface area contributed by atoms with Crippen molar-refractivity contribution < 1.29 is 9.59 Å². The number of hydrogen-bond donors (Lipinski definition) is 1. The Bertz CT molecular complexity index is 724. The van der Waals surface area contributed by atoms with Crippen LogP contribution in [-0.4, -0.2) is 46.1 Å². The number of nitrogens with two attached hydrogens (primary N) is 1. The van der Waals surface area contributed by atoms with Crippen LogP contribution >= 0.6 is 0 Å². The van der Waals surface area contributed by atoms with Gasteiger partial charge in [0.05, 0.1) is 11.9 Å². The zero-order valence-electron chi connectivity index (χ0n) is 12.3. The summed E-state index contributed by atoms with van der Waals surface area (Å²) >= 11 is 0. The van der Waals surface area contributed by atoms with E-state index >= 15 is 0 Å². The summed E-state index contributed by atoms with van der Waals surface area (Å²) in [5.41, 5.74) is 7.49. The number of nitrogens with zero attached hydrogens (tertiary/aromatic N) is 4. The Labute approximate surface area is 127 Å². The highest BCUT2D eigenvalue weighted by Gasteiger charge is 2.29. The summed E-state index contributed by atoms with van der Waals surface area (Å²) in [6, 6.07) is 6.79. The number of rotatable bonds is 2. The Morgan fingerprint density at radius 3 is 2.77 bits per heavy atom. The van der Waals surface area contributed by atoms with Gasteiger partial charge in [-0.05, 0) is 18.2 Å². The molecule has 2 aromatic rings. The average Bonchev–Trinajstić information content (AvgIpc) is 2.92. The van der Waals surface area contributed by atoms with Crippen molar-refractivity contribution in [3.8, 4) is 0 Å². The van der Waals surface area contributed by atoms with E-state index < -0.39 is 0 Å². The summed E-state index contributed by atoms with van der Waals surface area (Å²) in [5, 5.41) is 4.07. The maximum absolute atomic E-state index is 12.4. The highest BCUT2D eigenvalue weighted by molar-refractivity contribution is 6.01. The second kappa shape index (κ2) is 5.51. The van der Waals surface area contributed by atoms with Crippen LogP contribution in [0.3, 0.4) is 0 Å². The predicted molar refractivity (Wildman–Crippen MR) is 82.3 cm³/mol. The van der Waals surface area contributed by atoms with Gasteiger partial charge in [0.15, 0.2) is 0 Å². The summed E-state index contributed by atoms with van der Waals surface area (Å²) in [4.78, 5) is 27.9. The molecular weight excluding hydrogens is 282 g/mol. The molecule has 0 atom stereocenters. The first-order valence-electron chi connectivity index (χ1n) is 6.98. The molecule has 0 bridgehead atoms. The summed E-state index contributed by atoms with van der Waals surface area (Å²) in [5.74, 6) is -0.289. The number of piperazine rings is 1. The van der Waals surface area contributed by atoms with Crippen molar-refractivity contribution in [2.24, 2.45) is 7.05 Å². The van der Waals surface area contributed by atoms with Crippen molar-refractivity contribution in [2.45, 2.75) is 0 Å². The number of anilines is 2. The zero-order valence-corrected chi connectivity index (χ0v) is 12.3. The average molecular weight is 299 g/mol. The van der Waals surface area contributed by atoms with Gasteiger partial charge in [0, 0.05) is 37.6 Å². The number of benzene rings is 1. The fraction of sp³-hybridized carbons (Fsp3) is 0.267. The summed E-state index contributed by atoms with van der Waals surface area (Å²) in [7, 11) is 1.80. The van der Waals surface area contributed by atoms with Crippen molar-refractivity contribution in [3.63, 3.8) is 0 Å². The molecule has 1 aromatic carbocycles. The third-order valence-corrected chi connectivity index (χ3v) is 3.64. The van der Waals surface area contributed by atoms with Crippen LogP contribution in [0.25, 0.3) is 0 Å². The molecule has 2 heterocycles. The maximum atomic E-state index is 12.4. The van der Waals surface area contributed by atoms with Gasteiger partial charge < -0.3 is 15.5 Å². The number of aryl methyl sites for hydroxylation is 1. The van der Waals surface area contributed by atoms with Crippen LogP contribution in [0, 0.1) is 0 Å². The first-order chi connectivity index (χ1) is 10.5. The third-order valence-electron chi connectivity index (χ3n) is 3.64. The van der Waals surface area contributed by atoms with Crippen LogP contribution in [0.15, 0.2) is 36.7 Å². The molecule has 1 aliphatic rings. The minimum Gasteiger partial charge on any atom is -0.399 e. The molecule has 0 radical (unpaired) electrons. The standard InChI is InChI=1S/C15H17N5O2/c1-18-9-13(8-17-18)20-6-5-19(10-14(20)21)15(22)11-3-2-4-12(16)7-11/h2-4,7-9H,5-6,10,16H2,1H3. The van der Waals surface area contributed by atoms with Gasteiger partial charge in [0.1, 0.15) is 6.54 Å². The SMILES string of the molecule is Cn1cc(N2CCN(C(=O)c3cccc(N)c3)CC2=O)cn1. The van der Waals surface area contributed by atoms with Gasteiger partial charge in [-0.15, -0.1) is 0 Å². The Morgan fingerprint density at radius 2 is 2.14 bits per heavy atom. The lowest BCUT2D eigenvalue weighted by Gasteiger charge is -2.33. The van der Waals surface area contributed by atoms with E-state index in [1.165, 1.54) is 0 Å². The maximum Gasteiger partial charge on any atom is 0.254 e. The fourth-order valence-electron chi connectivity index (χ4n) is 2.52. The first-order valence-corrected chi connectivity index (χ1v) is 6.98. The molecule has 1 saturated heterocycles. The molecular formula is C15H17N5O2. The van der Waals surface area contributed by atoms with E-state index in [2.05, 4.69) is 5.10 Å². The molecule has 114 valence electrons. The van der Waals surface area contributed by atoms with E-state index in [-0.39, 0.29) is 18.4 Å². The number of carbonyl (C=O) groups excluding carboxylic acids is 2. The Hall–Kier alpha value is -2.83. The highest BCUT2D eigenvalue weighted by atomic mass is 16.2. The van der Waals surface area contributed by atoms with Crippen LogP contribution in [0.4, 0.5) is 11.4 Å². The largest absolute Gasteiger partial charge is 0.399 e. The minimum atomic E-state index is -0.175. The lowest BCUT2D eigenvalue weighted by molar-refractivity contribution is -0.120. The Kier molecular flexibility index (Phi) is 3.54. The van der Waals surface area contributed by atoms with E-state index in [0.29, 0.717) is 24.3 Å². The summed E-state index contributed by atoms with van der Waals surface area (Å²) < 4.78 is 1.65. The molecule has 0 spiro atoms. The fourth-order valence-corrected chi connectivity index (χ4v) is 2.52. The van der Waals surface area contributed by atoms with E-state index in [0.717, 1.165) is 5.69 Å². The molecule has 3 rings (SSSR count). The first kappa shape index (κ1) is 14.1. The van der Waals surface area contributed by atoms with Crippen LogP contribution in [0.1, 0.15) is 10.4 Å². The monoisotopic (exact) mass is 299 g/mol. The second-order valence-electron chi connectivity index (χ2n) is 5.27. The van der Waals surface area contributed by atoms with Crippen molar-refractivity contribution >= 4 is 23.2 Å². The van der Waals surface area contributed by atoms with Crippen molar-refractivity contribution in [2.75, 3.05) is 30.3 Å². The van der Waals surface area contributed by atoms with Gasteiger partial charge in [-0.3, -0.25) is 14.3 Å². The van der Waals surface area contributed by atoms with Gasteiger partial charge in [-0.25, -0.2) is 0 Å². The summed E-state index contributed by atoms with van der Waals surface area (Å²) in [6.07, 6.45) is 3.43. The van der Waals surface area contributed by atoms with Crippen LogP contribution in [0.2, 0.25) is 0 Å². The molecule has 1 aromatic heterocycles. The van der Waals surface area contributed by atoms with Crippen molar-refractivity contribution in [1.82, 2.24) is 14.7 Å². The van der Waals surface area contributed by atoms with Gasteiger partial charge >= 0.3 is 0 Å². The molecule has 1 fully saturated rings. The van der Waals surface area contributed by atoms with E-state index in [1.54, 1.807) is 58.2 Å². The van der Waals surface area contributed by atoms with Gasteiger partial charge in [-0.1, -0.05) is 6.07 Å². The topological polar surface area (TPSA) is 84.5 Å². The molecule has 1 aliphatic heterocycles. The Morgan fingerprint density at radius 1 is 1.32 bits per heavy atom. The normalized spacial score (nSPS) is 15.2. The van der Waals surface area contributed by atoms with E-state index in [9.17, 15) is 9.59 Å². The van der Waals surface area contributed by atoms with E-state index in [4.69, 9.17) is 5.73 Å². The lowest BCUT2D eigenvalue weighted by Crippen LogP contribution is -2.52. The van der Waals surface area contributed by atoms with Crippen molar-refractivity contribution in [1.29, 1.82) is 0 Å². The smallest absolute Gasteiger partial charge is 0.254 e. The zero-order chi connectivity index (χ0) is 15.7. The number of carbonyl (C=O) groups is 2. The molecule has 0 unspecified atom stereocenters. The quantitative estimate of drug-likeness (QED) is 0.818. The van der Waals surface area contributed by atoms with Crippen LogP contribution in [0.5, 0.6) is 0 Å². The molecule has 2 amide bonds. The van der Waals surface area contributed by atoms with Crippen LogP contribution < -0.4 is 10.6 Å². The number of nitrogen functional groups attached to an aromatic ring is 1. The van der Waals surface area contributed by atoms with Crippen LogP contribution in [-0.2, 0) is 11.8 Å². The number of amides is 2. The molecule has 0 saturated carbocycles. The molecule has 7 heteroatoms. The van der Waals surface area contributed by atoms with E-state index in [1.807, 2.05) is 0 Å². The molecule has 2 N–H and O–H groups in total. The Balaban J connectivity index is 1.72. The van der Waals surface area contributed by atoms with Crippen molar-refractivity contribution in [3.05, 3.63) is 42.2 Å². The van der Waals surface area contributed by atoms with Gasteiger partial charge in [-0.2, -0.15) is 5.10 Å². The van der Waals surface area contributed by atoms with Gasteiger partial charge in [0.25, 0.3) is 5.91 Å². The number of hydrogen-bond acceptors (Lipinski definition) is 4. The molecule has 0 aliphatic carbocycles. The minimum absolute atomic E-state index is 0.0581. The lowest BCUT2D eigenvalue weighted by atomic mass is 10.1. The molecule has 7 nitrogen and oxygen atoms in total. The highest BCUT2D eigenvalue weighted by Crippen LogP contribution is 2.18. The number of aromatic nitrogens is 2. The summed E-state index contributed by atoms with van der Waals surface area (Å²) in [6.45, 7) is 0.995. The molecule has 22 heavy (non-hydrogen) atoms. The van der Waals surface area contributed by atoms with Gasteiger partial charge in [0.2, 0.25) is 5.91 Å². The predicted octanol–water partition coefficient (Wildman–Crippen LogP) is 0.491.